The third kappa shape index (κ3) is 3.89. The zero-order valence-electron chi connectivity index (χ0n) is 17.7. The van der Waals surface area contributed by atoms with E-state index in [1.165, 1.54) is 12.0 Å². The fraction of sp³-hybridized carbons (Fsp3) is 0.864. The largest absolute Gasteiger partial charge is 0.459 e. The summed E-state index contributed by atoms with van der Waals surface area (Å²) in [6.07, 6.45) is 8.07. The van der Waals surface area contributed by atoms with Gasteiger partial charge in [0.25, 0.3) is 0 Å². The molecule has 6 nitrogen and oxygen atoms in total. The molecule has 1 N–H and O–H groups in total. The smallest absolute Gasteiger partial charge is 0.320 e. The molecule has 6 atom stereocenters. The number of nitrogens with one attached hydrogen (secondary N) is 1. The van der Waals surface area contributed by atoms with Crippen LogP contribution in [-0.4, -0.2) is 61.8 Å². The number of carbonyl (C=O) groups excluding carboxylic acids is 1. The van der Waals surface area contributed by atoms with E-state index in [4.69, 9.17) is 18.9 Å². The molecule has 28 heavy (non-hydrogen) atoms. The summed E-state index contributed by atoms with van der Waals surface area (Å²) in [7, 11) is 1.71. The van der Waals surface area contributed by atoms with Crippen molar-refractivity contribution in [1.82, 2.24) is 5.32 Å². The fourth-order valence-corrected chi connectivity index (χ4v) is 5.12. The first-order chi connectivity index (χ1) is 13.4. The maximum atomic E-state index is 12.4. The number of hydrogen-bond donors (Lipinski definition) is 1. The van der Waals surface area contributed by atoms with Crippen LogP contribution in [0, 0.1) is 5.92 Å². The highest BCUT2D eigenvalue weighted by Crippen LogP contribution is 2.59. The molecule has 0 radical (unpaired) electrons. The van der Waals surface area contributed by atoms with Crippen LogP contribution in [0.4, 0.5) is 0 Å². The molecule has 2 saturated carbocycles. The zero-order valence-corrected chi connectivity index (χ0v) is 17.7. The van der Waals surface area contributed by atoms with Crippen LogP contribution in [0.15, 0.2) is 11.6 Å². The third-order valence-electron chi connectivity index (χ3n) is 7.16. The molecule has 0 aromatic heterocycles. The summed E-state index contributed by atoms with van der Waals surface area (Å²) < 4.78 is 23.9. The van der Waals surface area contributed by atoms with Gasteiger partial charge in [0.05, 0.1) is 25.2 Å². The van der Waals surface area contributed by atoms with E-state index in [0.717, 1.165) is 38.7 Å². The van der Waals surface area contributed by atoms with Crippen LogP contribution < -0.4 is 5.32 Å². The zero-order chi connectivity index (χ0) is 19.9. The van der Waals surface area contributed by atoms with E-state index in [2.05, 4.69) is 32.2 Å². The van der Waals surface area contributed by atoms with E-state index in [1.807, 2.05) is 0 Å². The molecule has 2 saturated heterocycles. The average Bonchev–Trinajstić information content (AvgIpc) is 3.51. The van der Waals surface area contributed by atoms with E-state index in [1.54, 1.807) is 7.11 Å². The summed E-state index contributed by atoms with van der Waals surface area (Å²) in [5, 5.41) is 3.29. The summed E-state index contributed by atoms with van der Waals surface area (Å²) in [5.41, 5.74) is 0.827. The molecule has 2 aliphatic heterocycles. The second-order valence-corrected chi connectivity index (χ2v) is 9.41. The van der Waals surface area contributed by atoms with Crippen molar-refractivity contribution in [3.8, 4) is 0 Å². The number of ether oxygens (including phenoxy) is 4. The number of epoxide rings is 2. The second kappa shape index (κ2) is 7.71. The summed E-state index contributed by atoms with van der Waals surface area (Å²) in [5.74, 6) is -0.111. The summed E-state index contributed by atoms with van der Waals surface area (Å²) in [6.45, 7) is 7.41. The Morgan fingerprint density at radius 3 is 2.61 bits per heavy atom. The molecule has 0 aromatic carbocycles. The molecule has 4 aliphatic rings. The molecule has 4 rings (SSSR count). The average molecular weight is 394 g/mol. The molecule has 4 fully saturated rings. The lowest BCUT2D eigenvalue weighted by Gasteiger charge is -2.42. The fourth-order valence-electron chi connectivity index (χ4n) is 5.12. The number of esters is 1. The van der Waals surface area contributed by atoms with Gasteiger partial charge in [0, 0.05) is 13.2 Å². The van der Waals surface area contributed by atoms with Crippen LogP contribution in [0.3, 0.4) is 0 Å². The number of rotatable bonds is 8. The number of methoxy groups -OCH3 is 1. The first-order valence-electron chi connectivity index (χ1n) is 10.8. The van der Waals surface area contributed by atoms with Gasteiger partial charge in [0.15, 0.2) is 0 Å². The molecular formula is C22H35NO5. The Labute approximate surface area is 168 Å². The Balaban J connectivity index is 1.41. The van der Waals surface area contributed by atoms with Gasteiger partial charge in [0.1, 0.15) is 23.4 Å². The molecule has 6 unspecified atom stereocenters. The molecule has 2 aliphatic carbocycles. The third-order valence-corrected chi connectivity index (χ3v) is 7.16. The quantitative estimate of drug-likeness (QED) is 0.388. The number of carbonyl (C=O) groups is 1. The van der Waals surface area contributed by atoms with Gasteiger partial charge in [-0.05, 0) is 52.9 Å². The van der Waals surface area contributed by atoms with E-state index in [0.29, 0.717) is 6.04 Å². The highest BCUT2D eigenvalue weighted by molar-refractivity contribution is 5.72. The predicted octanol–water partition coefficient (Wildman–Crippen LogP) is 2.75. The minimum atomic E-state index is -0.293. The first-order valence-corrected chi connectivity index (χ1v) is 10.8. The van der Waals surface area contributed by atoms with E-state index >= 15 is 0 Å². The Bertz CT molecular complexity index is 622. The summed E-state index contributed by atoms with van der Waals surface area (Å²) >= 11 is 0. The molecule has 1 spiro atoms. The molecule has 0 aromatic rings. The van der Waals surface area contributed by atoms with Gasteiger partial charge >= 0.3 is 5.97 Å². The first kappa shape index (κ1) is 20.3. The van der Waals surface area contributed by atoms with E-state index in [-0.39, 0.29) is 47.9 Å². The lowest BCUT2D eigenvalue weighted by atomic mass is 9.68. The van der Waals surface area contributed by atoms with Crippen molar-refractivity contribution in [3.05, 3.63) is 11.6 Å². The van der Waals surface area contributed by atoms with E-state index < -0.39 is 0 Å². The van der Waals surface area contributed by atoms with Crippen LogP contribution in [0.1, 0.15) is 59.3 Å². The van der Waals surface area contributed by atoms with Gasteiger partial charge in [-0.15, -0.1) is 0 Å². The topological polar surface area (TPSA) is 72.6 Å². The minimum Gasteiger partial charge on any atom is -0.459 e. The van der Waals surface area contributed by atoms with Gasteiger partial charge < -0.3 is 24.3 Å². The van der Waals surface area contributed by atoms with Crippen molar-refractivity contribution >= 4 is 5.97 Å². The van der Waals surface area contributed by atoms with Crippen molar-refractivity contribution in [1.29, 1.82) is 0 Å². The summed E-state index contributed by atoms with van der Waals surface area (Å²) in [4.78, 5) is 12.4. The van der Waals surface area contributed by atoms with Crippen LogP contribution in [-0.2, 0) is 23.7 Å². The Morgan fingerprint density at radius 2 is 2.04 bits per heavy atom. The summed E-state index contributed by atoms with van der Waals surface area (Å²) in [6, 6.07) is 0.475. The maximum Gasteiger partial charge on any atom is 0.320 e. The lowest BCUT2D eigenvalue weighted by molar-refractivity contribution is -0.171. The Morgan fingerprint density at radius 1 is 1.29 bits per heavy atom. The normalized spacial score (nSPS) is 42.0. The van der Waals surface area contributed by atoms with Crippen molar-refractivity contribution in [2.24, 2.45) is 5.92 Å². The van der Waals surface area contributed by atoms with Gasteiger partial charge in [-0.2, -0.15) is 0 Å². The lowest BCUT2D eigenvalue weighted by Crippen LogP contribution is -2.56. The number of allylic oxidation sites excluding steroid dienone is 1. The predicted molar refractivity (Wildman–Crippen MR) is 105 cm³/mol. The van der Waals surface area contributed by atoms with Crippen molar-refractivity contribution < 1.29 is 23.7 Å². The second-order valence-electron chi connectivity index (χ2n) is 9.41. The van der Waals surface area contributed by atoms with Crippen molar-refractivity contribution in [2.45, 2.75) is 94.9 Å². The van der Waals surface area contributed by atoms with E-state index in [9.17, 15) is 4.79 Å². The van der Waals surface area contributed by atoms with Crippen LogP contribution >= 0.6 is 0 Å². The van der Waals surface area contributed by atoms with Gasteiger partial charge in [-0.1, -0.05) is 18.1 Å². The molecule has 6 heteroatoms. The monoisotopic (exact) mass is 393 g/mol. The highest BCUT2D eigenvalue weighted by Gasteiger charge is 2.72. The standard InChI is InChI=1S/C22H35NO5/c1-14(2)8-9-17-21(3,28-17)20-19(25-4)16(10-11-22(20)13-26-22)27-18(24)12-23-15-6-5-7-15/h8,15-17,19-20,23H,5-7,9-13H2,1-4H3. The molecule has 0 bridgehead atoms. The van der Waals surface area contributed by atoms with Crippen LogP contribution in [0.25, 0.3) is 0 Å². The maximum absolute atomic E-state index is 12.4. The molecule has 2 heterocycles. The van der Waals surface area contributed by atoms with Crippen LogP contribution in [0.5, 0.6) is 0 Å². The van der Waals surface area contributed by atoms with Crippen molar-refractivity contribution in [3.63, 3.8) is 0 Å². The van der Waals surface area contributed by atoms with Gasteiger partial charge in [-0.3, -0.25) is 4.79 Å². The van der Waals surface area contributed by atoms with Crippen molar-refractivity contribution in [2.75, 3.05) is 20.3 Å². The van der Waals surface area contributed by atoms with Gasteiger partial charge in [-0.25, -0.2) is 0 Å². The highest BCUT2D eigenvalue weighted by atomic mass is 16.6. The molecule has 0 amide bonds. The number of hydrogen-bond acceptors (Lipinski definition) is 6. The molecular weight excluding hydrogens is 358 g/mol. The van der Waals surface area contributed by atoms with Gasteiger partial charge in [0.2, 0.25) is 0 Å². The minimum absolute atomic E-state index is 0.0757. The Kier molecular flexibility index (Phi) is 5.60. The van der Waals surface area contributed by atoms with Crippen LogP contribution in [0.2, 0.25) is 0 Å². The SMILES string of the molecule is COC1C(OC(=O)CNC2CCC2)CCC2(CO2)C1C1(C)OC1CC=C(C)C. The molecule has 158 valence electrons. The Hall–Kier alpha value is -0.950.